The van der Waals surface area contributed by atoms with Crippen molar-refractivity contribution in [3.63, 3.8) is 0 Å². The number of nitrogens with two attached hydrogens (primary N) is 1. The Morgan fingerprint density at radius 2 is 1.90 bits per heavy atom. The molecule has 0 bridgehead atoms. The van der Waals surface area contributed by atoms with Crippen LogP contribution in [0.5, 0.6) is 0 Å². The van der Waals surface area contributed by atoms with Crippen molar-refractivity contribution in [1.29, 1.82) is 0 Å². The van der Waals surface area contributed by atoms with Crippen LogP contribution in [-0.2, 0) is 6.54 Å². The van der Waals surface area contributed by atoms with Crippen molar-refractivity contribution in [2.75, 3.05) is 36.8 Å². The summed E-state index contributed by atoms with van der Waals surface area (Å²) in [6.45, 7) is 9.46. The third kappa shape index (κ3) is 5.86. The van der Waals surface area contributed by atoms with Gasteiger partial charge in [-0.2, -0.15) is 0 Å². The fraction of sp³-hybridized carbons (Fsp3) is 0.455. The van der Waals surface area contributed by atoms with Crippen molar-refractivity contribution in [1.82, 2.24) is 9.88 Å². The molecule has 0 unspecified atom stereocenters. The van der Waals surface area contributed by atoms with Gasteiger partial charge in [0.2, 0.25) is 0 Å². The molecule has 2 heterocycles. The maximum absolute atomic E-state index is 13.3. The van der Waals surface area contributed by atoms with E-state index in [4.69, 9.17) is 22.3 Å². The number of nitrogens with zero attached hydrogens (tertiary/aromatic N) is 3. The Morgan fingerprint density at radius 1 is 1.20 bits per heavy atom. The Hall–Kier alpha value is -1.83. The molecule has 0 saturated carbocycles. The summed E-state index contributed by atoms with van der Waals surface area (Å²) in [6.07, 6.45) is 0. The van der Waals surface area contributed by atoms with Gasteiger partial charge in [-0.3, -0.25) is 4.79 Å². The standard InChI is InChI=1S/C22H28ClFN4OS/c1-22(2,3)14-30-17-11-16(13-25)26-20(12-17)27-6-8-28(9-7-27)21(29)18-5-4-15(24)10-19(18)23/h4-5,10-12H,6-9,13-14,25H2,1-3H3. The minimum Gasteiger partial charge on any atom is -0.353 e. The van der Waals surface area contributed by atoms with Crippen LogP contribution in [0.1, 0.15) is 36.8 Å². The molecule has 0 radical (unpaired) electrons. The predicted molar refractivity (Wildman–Crippen MR) is 122 cm³/mol. The van der Waals surface area contributed by atoms with Crippen molar-refractivity contribution in [3.05, 3.63) is 52.4 Å². The predicted octanol–water partition coefficient (Wildman–Crippen LogP) is 4.43. The van der Waals surface area contributed by atoms with Gasteiger partial charge in [-0.05, 0) is 35.7 Å². The van der Waals surface area contributed by atoms with E-state index in [1.807, 2.05) is 11.8 Å². The lowest BCUT2D eigenvalue weighted by molar-refractivity contribution is 0.0746. The first-order valence-electron chi connectivity index (χ1n) is 9.99. The summed E-state index contributed by atoms with van der Waals surface area (Å²) in [5, 5.41) is 0.139. The van der Waals surface area contributed by atoms with Gasteiger partial charge >= 0.3 is 0 Å². The maximum atomic E-state index is 13.3. The minimum atomic E-state index is -0.452. The molecule has 162 valence electrons. The molecule has 1 fully saturated rings. The average molecular weight is 451 g/mol. The molecule has 0 spiro atoms. The number of halogens is 2. The number of hydrogen-bond acceptors (Lipinski definition) is 5. The van der Waals surface area contributed by atoms with Crippen LogP contribution in [0.3, 0.4) is 0 Å². The summed E-state index contributed by atoms with van der Waals surface area (Å²) in [4.78, 5) is 22.6. The van der Waals surface area contributed by atoms with Gasteiger partial charge < -0.3 is 15.5 Å². The average Bonchev–Trinajstić information content (AvgIpc) is 2.71. The van der Waals surface area contributed by atoms with Gasteiger partial charge in [0.15, 0.2) is 0 Å². The lowest BCUT2D eigenvalue weighted by Gasteiger charge is -2.36. The van der Waals surface area contributed by atoms with E-state index >= 15 is 0 Å². The molecule has 1 aliphatic heterocycles. The molecule has 1 aromatic heterocycles. The second-order valence-corrected chi connectivity index (χ2v) is 10.1. The summed E-state index contributed by atoms with van der Waals surface area (Å²) >= 11 is 7.87. The molecule has 1 saturated heterocycles. The van der Waals surface area contributed by atoms with Gasteiger partial charge in [-0.15, -0.1) is 11.8 Å². The first-order valence-corrected chi connectivity index (χ1v) is 11.4. The molecule has 3 rings (SSSR count). The zero-order chi connectivity index (χ0) is 21.9. The molecule has 1 amide bonds. The second-order valence-electron chi connectivity index (χ2n) is 8.61. The number of pyridine rings is 1. The third-order valence-corrected chi connectivity index (χ3v) is 6.66. The Labute approximate surface area is 186 Å². The molecular formula is C22H28ClFN4OS. The molecular weight excluding hydrogens is 423 g/mol. The lowest BCUT2D eigenvalue weighted by Crippen LogP contribution is -2.49. The topological polar surface area (TPSA) is 62.5 Å². The van der Waals surface area contributed by atoms with Gasteiger partial charge in [0.25, 0.3) is 5.91 Å². The molecule has 5 nitrogen and oxygen atoms in total. The molecule has 2 aromatic rings. The van der Waals surface area contributed by atoms with Gasteiger partial charge in [0.05, 0.1) is 16.3 Å². The van der Waals surface area contributed by atoms with Crippen LogP contribution in [0.2, 0.25) is 5.02 Å². The second kappa shape index (κ2) is 9.54. The summed E-state index contributed by atoms with van der Waals surface area (Å²) in [7, 11) is 0. The van der Waals surface area contributed by atoms with E-state index in [1.54, 1.807) is 4.90 Å². The summed E-state index contributed by atoms with van der Waals surface area (Å²) in [5.41, 5.74) is 7.29. The minimum absolute atomic E-state index is 0.139. The van der Waals surface area contributed by atoms with E-state index in [-0.39, 0.29) is 16.3 Å². The van der Waals surface area contributed by atoms with Gasteiger partial charge in [-0.1, -0.05) is 32.4 Å². The van der Waals surface area contributed by atoms with E-state index in [0.29, 0.717) is 38.3 Å². The van der Waals surface area contributed by atoms with Crippen LogP contribution < -0.4 is 10.6 Å². The molecule has 2 N–H and O–H groups in total. The van der Waals surface area contributed by atoms with E-state index in [1.165, 1.54) is 18.2 Å². The van der Waals surface area contributed by atoms with Crippen molar-refractivity contribution in [2.45, 2.75) is 32.2 Å². The van der Waals surface area contributed by atoms with Crippen LogP contribution >= 0.6 is 23.4 Å². The van der Waals surface area contributed by atoms with Crippen LogP contribution in [0.4, 0.5) is 10.2 Å². The Balaban J connectivity index is 1.68. The van der Waals surface area contributed by atoms with Crippen molar-refractivity contribution in [3.8, 4) is 0 Å². The molecule has 1 aromatic carbocycles. The summed E-state index contributed by atoms with van der Waals surface area (Å²) < 4.78 is 13.3. The molecule has 1 aliphatic rings. The van der Waals surface area contributed by atoms with Crippen molar-refractivity contribution < 1.29 is 9.18 Å². The number of piperazine rings is 1. The number of amides is 1. The summed E-state index contributed by atoms with van der Waals surface area (Å²) in [5.74, 6) is 1.26. The number of carbonyl (C=O) groups excluding carboxylic acids is 1. The van der Waals surface area contributed by atoms with E-state index in [9.17, 15) is 9.18 Å². The highest BCUT2D eigenvalue weighted by Crippen LogP contribution is 2.30. The number of carbonyl (C=O) groups is 1. The zero-order valence-electron chi connectivity index (χ0n) is 17.6. The highest BCUT2D eigenvalue weighted by molar-refractivity contribution is 7.99. The molecule has 8 heteroatoms. The van der Waals surface area contributed by atoms with Gasteiger partial charge in [0.1, 0.15) is 11.6 Å². The molecule has 0 aliphatic carbocycles. The quantitative estimate of drug-likeness (QED) is 0.682. The zero-order valence-corrected chi connectivity index (χ0v) is 19.2. The first-order chi connectivity index (χ1) is 14.2. The monoisotopic (exact) mass is 450 g/mol. The lowest BCUT2D eigenvalue weighted by atomic mass is 10.0. The molecule has 0 atom stereocenters. The number of rotatable bonds is 5. The van der Waals surface area contributed by atoms with Crippen LogP contribution in [0.15, 0.2) is 35.2 Å². The largest absolute Gasteiger partial charge is 0.353 e. The van der Waals surface area contributed by atoms with Gasteiger partial charge in [0, 0.05) is 43.4 Å². The third-order valence-electron chi connectivity index (χ3n) is 4.77. The SMILES string of the molecule is CC(C)(C)CSc1cc(CN)nc(N2CCN(C(=O)c3ccc(F)cc3Cl)CC2)c1. The fourth-order valence-electron chi connectivity index (χ4n) is 3.17. The number of benzene rings is 1. The van der Waals surface area contributed by atoms with E-state index < -0.39 is 5.82 Å². The summed E-state index contributed by atoms with van der Waals surface area (Å²) in [6, 6.07) is 8.02. The normalized spacial score (nSPS) is 14.9. The van der Waals surface area contributed by atoms with Crippen molar-refractivity contribution >= 4 is 35.1 Å². The van der Waals surface area contributed by atoms with E-state index in [2.05, 4.69) is 37.8 Å². The highest BCUT2D eigenvalue weighted by Gasteiger charge is 2.25. The number of thioether (sulfide) groups is 1. The van der Waals surface area contributed by atoms with Crippen molar-refractivity contribution in [2.24, 2.45) is 11.1 Å². The first kappa shape index (κ1) is 22.8. The highest BCUT2D eigenvalue weighted by atomic mass is 35.5. The number of hydrogen-bond donors (Lipinski definition) is 1. The number of aromatic nitrogens is 1. The number of anilines is 1. The van der Waals surface area contributed by atoms with Crippen LogP contribution in [-0.4, -0.2) is 47.7 Å². The van der Waals surface area contributed by atoms with E-state index in [0.717, 1.165) is 22.2 Å². The molecule has 30 heavy (non-hydrogen) atoms. The fourth-order valence-corrected chi connectivity index (χ4v) is 4.42. The van der Waals surface area contributed by atoms with Gasteiger partial charge in [-0.25, -0.2) is 9.37 Å². The maximum Gasteiger partial charge on any atom is 0.255 e. The van der Waals surface area contributed by atoms with Crippen LogP contribution in [0, 0.1) is 11.2 Å². The Morgan fingerprint density at radius 3 is 2.50 bits per heavy atom. The smallest absolute Gasteiger partial charge is 0.255 e. The Kier molecular flexibility index (Phi) is 7.26. The Bertz CT molecular complexity index is 910. The van der Waals surface area contributed by atoms with Crippen LogP contribution in [0.25, 0.3) is 0 Å².